The van der Waals surface area contributed by atoms with Gasteiger partial charge in [-0.05, 0) is 76.1 Å². The number of carbonyl (C=O) groups is 2. The lowest BCUT2D eigenvalue weighted by molar-refractivity contribution is -0.146. The van der Waals surface area contributed by atoms with Gasteiger partial charge in [-0.2, -0.15) is 4.31 Å². The molecule has 9 heteroatoms. The number of benzene rings is 2. The number of aryl methyl sites for hydroxylation is 2. The molecule has 2 aromatic carbocycles. The molecule has 7 nitrogen and oxygen atoms in total. The van der Waals surface area contributed by atoms with Crippen LogP contribution in [-0.2, 0) is 19.6 Å². The van der Waals surface area contributed by atoms with Gasteiger partial charge in [0, 0.05) is 34.2 Å². The summed E-state index contributed by atoms with van der Waals surface area (Å²) in [7, 11) is -3.90. The van der Waals surface area contributed by atoms with Crippen molar-refractivity contribution >= 4 is 33.4 Å². The Hall–Kier alpha value is -2.94. The summed E-state index contributed by atoms with van der Waals surface area (Å²) < 4.78 is 34.6. The fourth-order valence-electron chi connectivity index (χ4n) is 4.45. The molecule has 0 saturated carbocycles. The third-order valence-electron chi connectivity index (χ3n) is 6.27. The van der Waals surface area contributed by atoms with Gasteiger partial charge in [0.15, 0.2) is 6.61 Å². The SMILES string of the molecule is Cc1ccc(-n2c(C)cc(C(=O)COC(=O)C3CCCN3S(=O)(=O)c3ccc(Cl)cc3)c2C)cc1. The van der Waals surface area contributed by atoms with E-state index in [2.05, 4.69) is 0 Å². The van der Waals surface area contributed by atoms with Crippen LogP contribution in [0.2, 0.25) is 5.02 Å². The van der Waals surface area contributed by atoms with Crippen LogP contribution in [-0.4, -0.2) is 48.2 Å². The van der Waals surface area contributed by atoms with Gasteiger partial charge in [-0.1, -0.05) is 29.3 Å². The van der Waals surface area contributed by atoms with E-state index in [9.17, 15) is 18.0 Å². The molecule has 0 bridgehead atoms. The highest BCUT2D eigenvalue weighted by molar-refractivity contribution is 7.89. The van der Waals surface area contributed by atoms with Gasteiger partial charge in [0.1, 0.15) is 6.04 Å². The van der Waals surface area contributed by atoms with Crippen LogP contribution < -0.4 is 0 Å². The molecule has 0 spiro atoms. The van der Waals surface area contributed by atoms with Crippen molar-refractivity contribution in [1.29, 1.82) is 0 Å². The number of aromatic nitrogens is 1. The summed E-state index contributed by atoms with van der Waals surface area (Å²) in [5, 5.41) is 0.418. The van der Waals surface area contributed by atoms with Gasteiger partial charge < -0.3 is 9.30 Å². The van der Waals surface area contributed by atoms with Gasteiger partial charge in [-0.25, -0.2) is 8.42 Å². The summed E-state index contributed by atoms with van der Waals surface area (Å²) in [4.78, 5) is 25.8. The first kappa shape index (κ1) is 25.2. The number of Topliss-reactive ketones (excluding diaryl/α,β-unsaturated/α-hetero) is 1. The number of ketones is 1. The second-order valence-electron chi connectivity index (χ2n) is 8.71. The smallest absolute Gasteiger partial charge is 0.324 e. The first-order valence-electron chi connectivity index (χ1n) is 11.3. The molecule has 4 rings (SSSR count). The van der Waals surface area contributed by atoms with E-state index in [0.29, 0.717) is 23.4 Å². The van der Waals surface area contributed by atoms with Gasteiger partial charge in [0.2, 0.25) is 15.8 Å². The quantitative estimate of drug-likeness (QED) is 0.339. The van der Waals surface area contributed by atoms with Crippen molar-refractivity contribution in [3.8, 4) is 5.69 Å². The van der Waals surface area contributed by atoms with E-state index in [1.165, 1.54) is 24.3 Å². The summed E-state index contributed by atoms with van der Waals surface area (Å²) in [6.45, 7) is 5.51. The van der Waals surface area contributed by atoms with E-state index < -0.39 is 28.6 Å². The Bertz CT molecular complexity index is 1360. The number of halogens is 1. The van der Waals surface area contributed by atoms with Crippen LogP contribution in [0.5, 0.6) is 0 Å². The van der Waals surface area contributed by atoms with E-state index in [4.69, 9.17) is 16.3 Å². The van der Waals surface area contributed by atoms with Crippen molar-refractivity contribution in [2.45, 2.75) is 44.6 Å². The van der Waals surface area contributed by atoms with Gasteiger partial charge in [-0.3, -0.25) is 9.59 Å². The van der Waals surface area contributed by atoms with Crippen LogP contribution in [0.4, 0.5) is 0 Å². The highest BCUT2D eigenvalue weighted by Crippen LogP contribution is 2.28. The molecule has 1 unspecified atom stereocenters. The maximum Gasteiger partial charge on any atom is 0.324 e. The van der Waals surface area contributed by atoms with E-state index in [0.717, 1.165) is 26.9 Å². The molecule has 1 aliphatic rings. The Labute approximate surface area is 210 Å². The zero-order chi connectivity index (χ0) is 25.3. The van der Waals surface area contributed by atoms with Crippen molar-refractivity contribution in [3.05, 3.63) is 82.1 Å². The molecule has 0 aliphatic carbocycles. The molecule has 1 saturated heterocycles. The topological polar surface area (TPSA) is 85.7 Å². The van der Waals surface area contributed by atoms with Crippen molar-refractivity contribution < 1.29 is 22.7 Å². The minimum atomic E-state index is -3.90. The molecular formula is C26H27ClN2O5S. The molecule has 0 amide bonds. The van der Waals surface area contributed by atoms with Gasteiger partial charge >= 0.3 is 5.97 Å². The Morgan fingerprint density at radius 1 is 1.03 bits per heavy atom. The zero-order valence-corrected chi connectivity index (χ0v) is 21.4. The largest absolute Gasteiger partial charge is 0.456 e. The van der Waals surface area contributed by atoms with Crippen LogP contribution in [0.25, 0.3) is 5.69 Å². The number of nitrogens with zero attached hydrogens (tertiary/aromatic N) is 2. The molecule has 3 aromatic rings. The van der Waals surface area contributed by atoms with Crippen LogP contribution >= 0.6 is 11.6 Å². The predicted molar refractivity (Wildman–Crippen MR) is 134 cm³/mol. The summed E-state index contributed by atoms with van der Waals surface area (Å²) in [5.41, 5.74) is 4.18. The van der Waals surface area contributed by atoms with Gasteiger partial charge in [-0.15, -0.1) is 0 Å². The zero-order valence-electron chi connectivity index (χ0n) is 19.8. The molecule has 2 heterocycles. The van der Waals surface area contributed by atoms with E-state index in [1.54, 1.807) is 6.07 Å². The third kappa shape index (κ3) is 5.05. The number of hydrogen-bond donors (Lipinski definition) is 0. The molecular weight excluding hydrogens is 488 g/mol. The molecule has 1 aliphatic heterocycles. The molecule has 1 fully saturated rings. The average molecular weight is 515 g/mol. The highest BCUT2D eigenvalue weighted by atomic mass is 35.5. The van der Waals surface area contributed by atoms with Crippen molar-refractivity contribution in [3.63, 3.8) is 0 Å². The Morgan fingerprint density at radius 2 is 1.69 bits per heavy atom. The Balaban J connectivity index is 1.46. The van der Waals surface area contributed by atoms with Crippen molar-refractivity contribution in [2.75, 3.05) is 13.2 Å². The minimum absolute atomic E-state index is 0.0567. The number of sulfonamides is 1. The lowest BCUT2D eigenvalue weighted by atomic mass is 10.1. The Kier molecular flexibility index (Phi) is 7.17. The monoisotopic (exact) mass is 514 g/mol. The first-order valence-corrected chi connectivity index (χ1v) is 13.1. The van der Waals surface area contributed by atoms with Crippen LogP contribution in [0.1, 0.15) is 40.2 Å². The van der Waals surface area contributed by atoms with Crippen molar-refractivity contribution in [1.82, 2.24) is 8.87 Å². The van der Waals surface area contributed by atoms with Crippen LogP contribution in [0.3, 0.4) is 0 Å². The average Bonchev–Trinajstić information content (AvgIpc) is 3.44. The van der Waals surface area contributed by atoms with Crippen molar-refractivity contribution in [2.24, 2.45) is 0 Å². The summed E-state index contributed by atoms with van der Waals surface area (Å²) in [5.74, 6) is -1.06. The van der Waals surface area contributed by atoms with E-state index in [1.807, 2.05) is 49.6 Å². The maximum absolute atomic E-state index is 13.1. The number of carbonyl (C=O) groups excluding carboxylic acids is 2. The number of ether oxygens (including phenoxy) is 1. The maximum atomic E-state index is 13.1. The molecule has 0 N–H and O–H groups in total. The fourth-order valence-corrected chi connectivity index (χ4v) is 6.22. The lowest BCUT2D eigenvalue weighted by Gasteiger charge is -2.22. The molecule has 1 aromatic heterocycles. The normalized spacial score (nSPS) is 16.4. The molecule has 184 valence electrons. The second-order valence-corrected chi connectivity index (χ2v) is 11.0. The fraction of sp³-hybridized carbons (Fsp3) is 0.308. The van der Waals surface area contributed by atoms with Gasteiger partial charge in [0.05, 0.1) is 4.90 Å². The summed E-state index contributed by atoms with van der Waals surface area (Å²) in [6, 6.07) is 14.6. The number of hydrogen-bond acceptors (Lipinski definition) is 5. The second kappa shape index (κ2) is 9.97. The summed E-state index contributed by atoms with van der Waals surface area (Å²) >= 11 is 5.87. The van der Waals surface area contributed by atoms with E-state index in [-0.39, 0.29) is 17.2 Å². The lowest BCUT2D eigenvalue weighted by Crippen LogP contribution is -2.41. The third-order valence-corrected chi connectivity index (χ3v) is 8.44. The minimum Gasteiger partial charge on any atom is -0.456 e. The van der Waals surface area contributed by atoms with Crippen LogP contribution in [0, 0.1) is 20.8 Å². The van der Waals surface area contributed by atoms with Gasteiger partial charge in [0.25, 0.3) is 0 Å². The van der Waals surface area contributed by atoms with E-state index >= 15 is 0 Å². The van der Waals surface area contributed by atoms with Crippen LogP contribution in [0.15, 0.2) is 59.5 Å². The standard InChI is InChI=1S/C26H27ClN2O5S/c1-17-6-10-21(11-7-17)29-18(2)15-23(19(29)3)25(30)16-34-26(31)24-5-4-14-28(24)35(32,33)22-12-8-20(27)9-13-22/h6-13,15,24H,4-5,14,16H2,1-3H3. The number of rotatable bonds is 7. The first-order chi connectivity index (χ1) is 16.6. The predicted octanol–water partition coefficient (Wildman–Crippen LogP) is 4.64. The number of esters is 1. The molecule has 0 radical (unpaired) electrons. The summed E-state index contributed by atoms with van der Waals surface area (Å²) in [6.07, 6.45) is 0.861. The Morgan fingerprint density at radius 3 is 2.34 bits per heavy atom. The molecule has 35 heavy (non-hydrogen) atoms. The molecule has 1 atom stereocenters. The highest BCUT2D eigenvalue weighted by Gasteiger charge is 2.40.